The van der Waals surface area contributed by atoms with Gasteiger partial charge >= 0.3 is 51.4 Å². The van der Waals surface area contributed by atoms with E-state index >= 15 is 0 Å². The average molecular weight is 262 g/mol. The van der Waals surface area contributed by atoms with Crippen molar-refractivity contribution in [1.82, 2.24) is 5.43 Å². The van der Waals surface area contributed by atoms with Gasteiger partial charge in [0.05, 0.1) is 24.3 Å². The Kier molecular flexibility index (Phi) is 6.86. The summed E-state index contributed by atoms with van der Waals surface area (Å²) in [5, 5.41) is 10.9. The molecule has 17 heavy (non-hydrogen) atoms. The first-order valence-electron chi connectivity index (χ1n) is 4.90. The minimum atomic E-state index is -0.699. The third kappa shape index (κ3) is 3.51. The van der Waals surface area contributed by atoms with Gasteiger partial charge in [-0.2, -0.15) is 0 Å². The van der Waals surface area contributed by atoms with E-state index < -0.39 is 5.41 Å². The van der Waals surface area contributed by atoms with Crippen LogP contribution in [0.2, 0.25) is 0 Å². The minimum Gasteiger partial charge on any atom is -0.870 e. The summed E-state index contributed by atoms with van der Waals surface area (Å²) in [6, 6.07) is 9.59. The molecule has 1 aromatic rings. The van der Waals surface area contributed by atoms with Crippen LogP contribution in [0.3, 0.4) is 0 Å². The Balaban J connectivity index is 0.00000128. The molecule has 0 radical (unpaired) electrons. The second-order valence-corrected chi connectivity index (χ2v) is 4.08. The summed E-state index contributed by atoms with van der Waals surface area (Å²) in [4.78, 5) is 11.6. The molecule has 1 heterocycles. The molecule has 3 N–H and O–H groups in total. The number of hydrogen-bond donors (Lipinski definition) is 2. The Morgan fingerprint density at radius 2 is 2.00 bits per heavy atom. The Morgan fingerprint density at radius 1 is 1.41 bits per heavy atom. The van der Waals surface area contributed by atoms with Crippen LogP contribution in [-0.4, -0.2) is 29.6 Å². The third-order valence-corrected chi connectivity index (χ3v) is 2.71. The molecule has 0 saturated carbocycles. The van der Waals surface area contributed by atoms with Gasteiger partial charge in [-0.15, -0.1) is 0 Å². The summed E-state index contributed by atoms with van der Waals surface area (Å²) >= 11 is 0. The molecule has 1 amide bonds. The minimum absolute atomic E-state index is 0. The molecule has 2 rings (SSSR count). The maximum atomic E-state index is 11.6. The van der Waals surface area contributed by atoms with E-state index in [2.05, 4.69) is 5.43 Å². The van der Waals surface area contributed by atoms with Crippen molar-refractivity contribution in [1.29, 1.82) is 0 Å². The van der Waals surface area contributed by atoms with Crippen molar-refractivity contribution in [2.24, 2.45) is 5.41 Å². The molecule has 6 heteroatoms. The number of amides is 1. The molecule has 1 unspecified atom stereocenters. The van der Waals surface area contributed by atoms with Gasteiger partial charge in [-0.05, 0) is 19.1 Å². The third-order valence-electron chi connectivity index (χ3n) is 2.71. The summed E-state index contributed by atoms with van der Waals surface area (Å²) in [5.41, 5.74) is 2.98. The predicted octanol–water partition coefficient (Wildman–Crippen LogP) is -2.64. The number of nitrogens with zero attached hydrogens (tertiary/aromatic N) is 1. The molecule has 88 valence electrons. The fourth-order valence-electron chi connectivity index (χ4n) is 1.60. The number of carbonyl (C=O) groups is 1. The van der Waals surface area contributed by atoms with E-state index in [0.29, 0.717) is 6.54 Å². The molecule has 1 aliphatic rings. The summed E-state index contributed by atoms with van der Waals surface area (Å²) < 4.78 is 0. The predicted molar refractivity (Wildman–Crippen MR) is 59.1 cm³/mol. The number of aliphatic hydroxyl groups is 1. The first kappa shape index (κ1) is 17.0. The van der Waals surface area contributed by atoms with Crippen LogP contribution in [0.25, 0.3) is 0 Å². The van der Waals surface area contributed by atoms with Crippen molar-refractivity contribution in [3.05, 3.63) is 30.3 Å². The molecule has 1 aliphatic heterocycles. The summed E-state index contributed by atoms with van der Waals surface area (Å²) in [5.74, 6) is -0.131. The number of hydrogen-bond acceptors (Lipinski definition) is 4. The van der Waals surface area contributed by atoms with Crippen molar-refractivity contribution < 1.29 is 66.8 Å². The molecule has 1 atom stereocenters. The molecule has 5 nitrogen and oxygen atoms in total. The van der Waals surface area contributed by atoms with Gasteiger partial charge in [-0.25, -0.2) is 0 Å². The van der Waals surface area contributed by atoms with Gasteiger partial charge in [0.15, 0.2) is 0 Å². The molecule has 0 spiro atoms. The molecule has 1 fully saturated rings. The molecule has 0 bridgehead atoms. The van der Waals surface area contributed by atoms with Crippen molar-refractivity contribution >= 4 is 11.6 Å². The van der Waals surface area contributed by atoms with Gasteiger partial charge in [0.1, 0.15) is 0 Å². The van der Waals surface area contributed by atoms with Crippen molar-refractivity contribution in [3.63, 3.8) is 0 Å². The van der Waals surface area contributed by atoms with E-state index in [9.17, 15) is 9.90 Å². The average Bonchev–Trinajstić information content (AvgIpc) is 2.58. The fourth-order valence-corrected chi connectivity index (χ4v) is 1.60. The number of para-hydroxylation sites is 1. The quantitative estimate of drug-likeness (QED) is 0.571. The molecule has 0 aliphatic carbocycles. The standard InChI is InChI=1S/C11H14N2O2.K.H2O/c1-11(8-14)7-13(12-10(11)15)9-5-3-2-4-6-9;;/h2-6,14H,7-8H2,1H3,(H,12,15);;1H2/q;+1;/p-1. The zero-order valence-electron chi connectivity index (χ0n) is 10.1. The van der Waals surface area contributed by atoms with Crippen molar-refractivity contribution in [2.45, 2.75) is 6.92 Å². The van der Waals surface area contributed by atoms with Gasteiger partial charge in [-0.3, -0.25) is 15.2 Å². The van der Waals surface area contributed by atoms with E-state index in [-0.39, 0.29) is 69.4 Å². The number of nitrogens with one attached hydrogen (secondary N) is 1. The van der Waals surface area contributed by atoms with Crippen LogP contribution in [0.1, 0.15) is 6.92 Å². The smallest absolute Gasteiger partial charge is 0.870 e. The maximum Gasteiger partial charge on any atom is 1.00 e. The zero-order valence-corrected chi connectivity index (χ0v) is 13.2. The van der Waals surface area contributed by atoms with Crippen LogP contribution in [0.5, 0.6) is 0 Å². The normalized spacial score (nSPS) is 22.5. The maximum absolute atomic E-state index is 11.6. The Hall–Kier alpha value is 0.0464. The van der Waals surface area contributed by atoms with Crippen LogP contribution in [0.4, 0.5) is 5.69 Å². The van der Waals surface area contributed by atoms with E-state index in [1.165, 1.54) is 0 Å². The SMILES string of the molecule is CC1(CO)CN(c2ccccc2)NC1=O.[K+].[OH-]. The van der Waals surface area contributed by atoms with Gasteiger partial charge in [0, 0.05) is 0 Å². The fraction of sp³-hybridized carbons (Fsp3) is 0.364. The summed E-state index contributed by atoms with van der Waals surface area (Å²) in [6.07, 6.45) is 0. The number of benzene rings is 1. The molecule has 1 saturated heterocycles. The van der Waals surface area contributed by atoms with E-state index in [1.807, 2.05) is 30.3 Å². The largest absolute Gasteiger partial charge is 1.00 e. The second-order valence-electron chi connectivity index (χ2n) is 4.08. The van der Waals surface area contributed by atoms with E-state index in [0.717, 1.165) is 5.69 Å². The Morgan fingerprint density at radius 3 is 2.47 bits per heavy atom. The van der Waals surface area contributed by atoms with Crippen LogP contribution in [0, 0.1) is 5.41 Å². The number of anilines is 1. The molecular formula is C11H15KN2O3. The molecule has 1 aromatic carbocycles. The molecular weight excluding hydrogens is 247 g/mol. The van der Waals surface area contributed by atoms with Gasteiger partial charge < -0.3 is 10.6 Å². The monoisotopic (exact) mass is 262 g/mol. The van der Waals surface area contributed by atoms with Crippen LogP contribution in [-0.2, 0) is 4.79 Å². The van der Waals surface area contributed by atoms with Gasteiger partial charge in [0.25, 0.3) is 0 Å². The van der Waals surface area contributed by atoms with Crippen LogP contribution in [0.15, 0.2) is 30.3 Å². The number of aliphatic hydroxyl groups excluding tert-OH is 1. The number of carbonyl (C=O) groups excluding carboxylic acids is 1. The molecule has 0 aromatic heterocycles. The van der Waals surface area contributed by atoms with Crippen LogP contribution < -0.4 is 61.8 Å². The Bertz CT molecular complexity index is 374. The number of rotatable bonds is 2. The van der Waals surface area contributed by atoms with E-state index in [4.69, 9.17) is 0 Å². The van der Waals surface area contributed by atoms with Crippen molar-refractivity contribution in [3.8, 4) is 0 Å². The second kappa shape index (κ2) is 6.84. The number of hydrazine groups is 1. The van der Waals surface area contributed by atoms with Crippen LogP contribution >= 0.6 is 0 Å². The van der Waals surface area contributed by atoms with Gasteiger partial charge in [-0.1, -0.05) is 18.2 Å². The topological polar surface area (TPSA) is 82.6 Å². The zero-order chi connectivity index (χ0) is 10.9. The Labute approximate surface area is 143 Å². The first-order chi connectivity index (χ1) is 7.15. The first-order valence-corrected chi connectivity index (χ1v) is 4.90. The van der Waals surface area contributed by atoms with Crippen molar-refractivity contribution in [2.75, 3.05) is 18.2 Å². The van der Waals surface area contributed by atoms with E-state index in [1.54, 1.807) is 11.9 Å². The van der Waals surface area contributed by atoms with Gasteiger partial charge in [0.2, 0.25) is 5.91 Å². The summed E-state index contributed by atoms with van der Waals surface area (Å²) in [7, 11) is 0. The summed E-state index contributed by atoms with van der Waals surface area (Å²) in [6.45, 7) is 2.11.